The highest BCUT2D eigenvalue weighted by atomic mass is 32.2. The van der Waals surface area contributed by atoms with Crippen LogP contribution in [-0.2, 0) is 9.59 Å². The van der Waals surface area contributed by atoms with E-state index in [1.54, 1.807) is 17.5 Å². The lowest BCUT2D eigenvalue weighted by Gasteiger charge is -2.12. The smallest absolute Gasteiger partial charge is 0.293 e. The van der Waals surface area contributed by atoms with Gasteiger partial charge in [0.15, 0.2) is 5.78 Å². The minimum atomic E-state index is -0.452. The maximum atomic E-state index is 13.0. The molecular weight excluding hydrogens is 415 g/mol. The second-order valence-electron chi connectivity index (χ2n) is 6.14. The first-order valence-corrected chi connectivity index (χ1v) is 10.5. The second kappa shape index (κ2) is 9.62. The molecule has 2 heterocycles. The monoisotopic (exact) mass is 432 g/mol. The van der Waals surface area contributed by atoms with Gasteiger partial charge < -0.3 is 5.32 Å². The Balaban J connectivity index is 1.46. The van der Waals surface area contributed by atoms with Crippen LogP contribution >= 0.6 is 23.1 Å². The molecule has 0 radical (unpaired) electrons. The van der Waals surface area contributed by atoms with Crippen molar-refractivity contribution >= 4 is 52.0 Å². The Kier molecular flexibility index (Phi) is 6.95. The van der Waals surface area contributed by atoms with Crippen molar-refractivity contribution in [3.8, 4) is 0 Å². The molecule has 1 N–H and O–H groups in total. The molecule has 29 heavy (non-hydrogen) atoms. The van der Waals surface area contributed by atoms with Crippen LogP contribution in [-0.4, -0.2) is 40.8 Å². The fourth-order valence-electron chi connectivity index (χ4n) is 2.59. The van der Waals surface area contributed by atoms with Crippen molar-refractivity contribution in [1.29, 1.82) is 0 Å². The fourth-order valence-corrected chi connectivity index (χ4v) is 4.15. The molecule has 2 aromatic rings. The molecule has 0 aliphatic carbocycles. The molecule has 3 amide bonds. The Morgan fingerprint density at radius 1 is 1.10 bits per heavy atom. The third-order valence-corrected chi connectivity index (χ3v) is 5.89. The number of imide groups is 1. The number of carbonyl (C=O) groups excluding carboxylic acids is 4. The summed E-state index contributed by atoms with van der Waals surface area (Å²) in [6, 6.07) is 9.06. The van der Waals surface area contributed by atoms with Crippen LogP contribution in [0.1, 0.15) is 28.1 Å². The summed E-state index contributed by atoms with van der Waals surface area (Å²) in [7, 11) is 0. The van der Waals surface area contributed by atoms with E-state index in [1.165, 1.54) is 41.7 Å². The molecule has 1 aromatic heterocycles. The normalized spacial score (nSPS) is 15.2. The summed E-state index contributed by atoms with van der Waals surface area (Å²) in [5, 5.41) is 3.99. The lowest BCUT2D eigenvalue weighted by molar-refractivity contribution is -0.124. The van der Waals surface area contributed by atoms with Gasteiger partial charge in [-0.05, 0) is 47.0 Å². The average molecular weight is 432 g/mol. The van der Waals surface area contributed by atoms with Crippen LogP contribution in [0.25, 0.3) is 6.08 Å². The van der Waals surface area contributed by atoms with Crippen LogP contribution in [0.5, 0.6) is 0 Å². The Bertz CT molecular complexity index is 955. The van der Waals surface area contributed by atoms with E-state index < -0.39 is 11.1 Å². The predicted octanol–water partition coefficient (Wildman–Crippen LogP) is 3.70. The van der Waals surface area contributed by atoms with Gasteiger partial charge in [-0.2, -0.15) is 0 Å². The van der Waals surface area contributed by atoms with E-state index in [-0.39, 0.29) is 48.3 Å². The number of ketones is 1. The summed E-state index contributed by atoms with van der Waals surface area (Å²) in [6.45, 7) is 0.143. The highest BCUT2D eigenvalue weighted by Gasteiger charge is 2.34. The number of rotatable bonds is 8. The predicted molar refractivity (Wildman–Crippen MR) is 110 cm³/mol. The first kappa shape index (κ1) is 20.9. The van der Waals surface area contributed by atoms with Crippen LogP contribution < -0.4 is 5.32 Å². The van der Waals surface area contributed by atoms with Crippen molar-refractivity contribution in [3.05, 3.63) is 62.9 Å². The van der Waals surface area contributed by atoms with Gasteiger partial charge in [-0.15, -0.1) is 11.3 Å². The highest BCUT2D eigenvalue weighted by Crippen LogP contribution is 2.31. The lowest BCUT2D eigenvalue weighted by atomic mass is 10.2. The highest BCUT2D eigenvalue weighted by molar-refractivity contribution is 8.18. The summed E-state index contributed by atoms with van der Waals surface area (Å²) in [6.07, 6.45) is 1.68. The van der Waals surface area contributed by atoms with E-state index in [9.17, 15) is 23.6 Å². The fraction of sp³-hybridized carbons (Fsp3) is 0.200. The molecule has 150 valence electrons. The van der Waals surface area contributed by atoms with Gasteiger partial charge in [0.25, 0.3) is 11.1 Å². The molecule has 1 saturated heterocycles. The SMILES string of the molecule is O=C(CCC(=O)c1cccs1)NCCN1C(=O)S/C(=C\c2ccc(F)cc2)C1=O. The Labute approximate surface area is 174 Å². The van der Waals surface area contributed by atoms with Crippen LogP contribution in [0.2, 0.25) is 0 Å². The van der Waals surface area contributed by atoms with Gasteiger partial charge in [0.05, 0.1) is 9.78 Å². The number of nitrogens with one attached hydrogen (secondary N) is 1. The largest absolute Gasteiger partial charge is 0.354 e. The van der Waals surface area contributed by atoms with Gasteiger partial charge in [0, 0.05) is 25.9 Å². The molecular formula is C20H17FN2O4S2. The van der Waals surface area contributed by atoms with Crippen LogP contribution in [0.15, 0.2) is 46.7 Å². The number of hydrogen-bond donors (Lipinski definition) is 1. The topological polar surface area (TPSA) is 83.6 Å². The van der Waals surface area contributed by atoms with E-state index in [0.717, 1.165) is 16.7 Å². The van der Waals surface area contributed by atoms with Gasteiger partial charge in [0.2, 0.25) is 5.91 Å². The van der Waals surface area contributed by atoms with Crippen molar-refractivity contribution in [2.75, 3.05) is 13.1 Å². The van der Waals surface area contributed by atoms with E-state index in [4.69, 9.17) is 0 Å². The van der Waals surface area contributed by atoms with Crippen molar-refractivity contribution in [2.24, 2.45) is 0 Å². The maximum absolute atomic E-state index is 13.0. The molecule has 0 bridgehead atoms. The Morgan fingerprint density at radius 3 is 2.55 bits per heavy atom. The molecule has 1 fully saturated rings. The van der Waals surface area contributed by atoms with Gasteiger partial charge in [-0.1, -0.05) is 18.2 Å². The number of halogens is 1. The van der Waals surface area contributed by atoms with Gasteiger partial charge in [-0.3, -0.25) is 24.1 Å². The Hall–Kier alpha value is -2.78. The third-order valence-electron chi connectivity index (χ3n) is 4.07. The molecule has 1 aliphatic rings. The minimum absolute atomic E-state index is 0.0377. The number of Topliss-reactive ketones (excluding diaryl/α,β-unsaturated/α-hetero) is 1. The molecule has 0 saturated carbocycles. The molecule has 9 heteroatoms. The molecule has 6 nitrogen and oxygen atoms in total. The van der Waals surface area contributed by atoms with Crippen molar-refractivity contribution in [1.82, 2.24) is 10.2 Å². The first-order valence-electron chi connectivity index (χ1n) is 8.78. The molecule has 3 rings (SSSR count). The summed E-state index contributed by atoms with van der Waals surface area (Å²) in [5.74, 6) is -1.25. The van der Waals surface area contributed by atoms with Crippen LogP contribution in [0.4, 0.5) is 9.18 Å². The van der Waals surface area contributed by atoms with Gasteiger partial charge >= 0.3 is 0 Å². The zero-order valence-electron chi connectivity index (χ0n) is 15.2. The Morgan fingerprint density at radius 2 is 1.86 bits per heavy atom. The number of carbonyl (C=O) groups is 4. The van der Waals surface area contributed by atoms with E-state index in [2.05, 4.69) is 5.32 Å². The van der Waals surface area contributed by atoms with E-state index >= 15 is 0 Å². The minimum Gasteiger partial charge on any atom is -0.354 e. The zero-order chi connectivity index (χ0) is 20.8. The van der Waals surface area contributed by atoms with Crippen LogP contribution in [0.3, 0.4) is 0 Å². The first-order chi connectivity index (χ1) is 13.9. The number of benzene rings is 1. The average Bonchev–Trinajstić information content (AvgIpc) is 3.32. The molecule has 0 unspecified atom stereocenters. The second-order valence-corrected chi connectivity index (χ2v) is 8.08. The lowest BCUT2D eigenvalue weighted by Crippen LogP contribution is -2.37. The maximum Gasteiger partial charge on any atom is 0.293 e. The number of hydrogen-bond acceptors (Lipinski definition) is 6. The van der Waals surface area contributed by atoms with Crippen LogP contribution in [0, 0.1) is 5.82 Å². The van der Waals surface area contributed by atoms with Gasteiger partial charge in [0.1, 0.15) is 5.82 Å². The quantitative estimate of drug-likeness (QED) is 0.508. The van der Waals surface area contributed by atoms with Crippen molar-refractivity contribution in [2.45, 2.75) is 12.8 Å². The van der Waals surface area contributed by atoms with Crippen molar-refractivity contribution in [3.63, 3.8) is 0 Å². The zero-order valence-corrected chi connectivity index (χ0v) is 16.9. The molecule has 1 aromatic carbocycles. The van der Waals surface area contributed by atoms with E-state index in [0.29, 0.717) is 10.4 Å². The summed E-state index contributed by atoms with van der Waals surface area (Å²) < 4.78 is 13.0. The summed E-state index contributed by atoms with van der Waals surface area (Å²) >= 11 is 2.13. The summed E-state index contributed by atoms with van der Waals surface area (Å²) in [5.41, 5.74) is 0.612. The van der Waals surface area contributed by atoms with E-state index in [1.807, 2.05) is 0 Å². The molecule has 0 atom stereocenters. The number of amides is 3. The third kappa shape index (κ3) is 5.61. The molecule has 0 spiro atoms. The van der Waals surface area contributed by atoms with Gasteiger partial charge in [-0.25, -0.2) is 4.39 Å². The molecule has 1 aliphatic heterocycles. The standard InChI is InChI=1S/C20H17FN2O4S2/c21-14-5-3-13(4-6-14)12-17-19(26)23(20(27)29-17)10-9-22-18(25)8-7-15(24)16-2-1-11-28-16/h1-6,11-12H,7-10H2,(H,22,25)/b17-12-. The summed E-state index contributed by atoms with van der Waals surface area (Å²) in [4.78, 5) is 50.2. The number of thioether (sulfide) groups is 1. The van der Waals surface area contributed by atoms with Crippen molar-refractivity contribution < 1.29 is 23.6 Å². The number of nitrogens with zero attached hydrogens (tertiary/aromatic N) is 1. The number of thiophene rings is 1.